The maximum Gasteiger partial charge on any atom is 0.265 e. The summed E-state index contributed by atoms with van der Waals surface area (Å²) in [6.45, 7) is 9.06. The van der Waals surface area contributed by atoms with Gasteiger partial charge in [0.15, 0.2) is 0 Å². The number of anilines is 2. The predicted octanol–water partition coefficient (Wildman–Crippen LogP) is 2.34. The Morgan fingerprint density at radius 3 is 2.54 bits per heavy atom. The number of hydrogen-bond acceptors (Lipinski definition) is 6. The standard InChI is InChI=1S/C26H30N6O3/c1-16-4-6-17(7-5-16)11-30-24(34)19-10-18-22-20(27-8-9-28-22)12-29-23(18)32(25(19)35)13-21(33)31-14-26(2,3)15-31/h4-7,10,12,27-28H,8-9,11,13-15H2,1-3H3,(H,30,34). The second-order valence-electron chi connectivity index (χ2n) is 10.2. The summed E-state index contributed by atoms with van der Waals surface area (Å²) in [6, 6.07) is 9.42. The van der Waals surface area contributed by atoms with Crippen molar-refractivity contribution in [3.05, 3.63) is 63.6 Å². The van der Waals surface area contributed by atoms with E-state index < -0.39 is 11.5 Å². The number of pyridine rings is 2. The van der Waals surface area contributed by atoms with Crippen LogP contribution >= 0.6 is 0 Å². The third-order valence-electron chi connectivity index (χ3n) is 6.56. The summed E-state index contributed by atoms with van der Waals surface area (Å²) in [5, 5.41) is 10.1. The molecule has 2 aliphatic heterocycles. The first-order valence-corrected chi connectivity index (χ1v) is 11.9. The van der Waals surface area contributed by atoms with E-state index in [-0.39, 0.29) is 23.4 Å². The molecule has 1 fully saturated rings. The lowest BCUT2D eigenvalue weighted by molar-refractivity contribution is -0.142. The second-order valence-corrected chi connectivity index (χ2v) is 10.2. The number of amides is 2. The highest BCUT2D eigenvalue weighted by Gasteiger charge is 2.37. The van der Waals surface area contributed by atoms with E-state index in [0.717, 1.165) is 29.0 Å². The van der Waals surface area contributed by atoms with Gasteiger partial charge in [0, 0.05) is 38.1 Å². The molecule has 1 aromatic carbocycles. The number of carbonyl (C=O) groups excluding carboxylic acids is 2. The van der Waals surface area contributed by atoms with E-state index in [2.05, 4.69) is 34.8 Å². The quantitative estimate of drug-likeness (QED) is 0.524. The van der Waals surface area contributed by atoms with E-state index in [0.29, 0.717) is 37.2 Å². The van der Waals surface area contributed by atoms with Crippen molar-refractivity contribution in [3.8, 4) is 0 Å². The molecule has 2 amide bonds. The molecule has 0 spiro atoms. The highest BCUT2D eigenvalue weighted by molar-refractivity contribution is 6.02. The summed E-state index contributed by atoms with van der Waals surface area (Å²) in [7, 11) is 0. The molecule has 35 heavy (non-hydrogen) atoms. The zero-order chi connectivity index (χ0) is 24.7. The van der Waals surface area contributed by atoms with Crippen LogP contribution in [-0.4, -0.2) is 52.4 Å². The average molecular weight is 475 g/mol. The summed E-state index contributed by atoms with van der Waals surface area (Å²) < 4.78 is 1.33. The molecule has 0 atom stereocenters. The lowest BCUT2D eigenvalue weighted by Gasteiger charge is -2.45. The van der Waals surface area contributed by atoms with E-state index in [1.54, 1.807) is 17.2 Å². The van der Waals surface area contributed by atoms with Gasteiger partial charge in [-0.15, -0.1) is 0 Å². The van der Waals surface area contributed by atoms with Gasteiger partial charge in [0.25, 0.3) is 11.5 Å². The van der Waals surface area contributed by atoms with Crippen molar-refractivity contribution < 1.29 is 9.59 Å². The molecule has 5 rings (SSSR count). The molecule has 0 saturated carbocycles. The fourth-order valence-corrected chi connectivity index (χ4v) is 4.72. The van der Waals surface area contributed by atoms with Crippen molar-refractivity contribution in [2.45, 2.75) is 33.9 Å². The van der Waals surface area contributed by atoms with E-state index in [9.17, 15) is 14.4 Å². The number of likely N-dealkylation sites (tertiary alicyclic amines) is 1. The first-order valence-electron chi connectivity index (χ1n) is 11.9. The van der Waals surface area contributed by atoms with Crippen molar-refractivity contribution in [3.63, 3.8) is 0 Å². The lowest BCUT2D eigenvalue weighted by atomic mass is 9.84. The topological polar surface area (TPSA) is 108 Å². The van der Waals surface area contributed by atoms with Crippen LogP contribution < -0.4 is 21.5 Å². The Balaban J connectivity index is 1.52. The number of carbonyl (C=O) groups is 2. The fourth-order valence-electron chi connectivity index (χ4n) is 4.72. The van der Waals surface area contributed by atoms with E-state index in [4.69, 9.17) is 0 Å². The van der Waals surface area contributed by atoms with Gasteiger partial charge >= 0.3 is 0 Å². The molecule has 4 heterocycles. The number of fused-ring (bicyclic) bond motifs is 3. The molecule has 0 radical (unpaired) electrons. The van der Waals surface area contributed by atoms with Crippen molar-refractivity contribution in [1.29, 1.82) is 0 Å². The minimum absolute atomic E-state index is 0.0103. The zero-order valence-electron chi connectivity index (χ0n) is 20.3. The Bertz CT molecular complexity index is 1370. The highest BCUT2D eigenvalue weighted by Crippen LogP contribution is 2.32. The van der Waals surface area contributed by atoms with Crippen LogP contribution in [0.25, 0.3) is 11.0 Å². The van der Waals surface area contributed by atoms with Gasteiger partial charge in [-0.1, -0.05) is 43.7 Å². The number of nitrogens with zero attached hydrogens (tertiary/aromatic N) is 3. The van der Waals surface area contributed by atoms with Gasteiger partial charge in [-0.25, -0.2) is 4.98 Å². The van der Waals surface area contributed by atoms with Crippen LogP contribution in [0.5, 0.6) is 0 Å². The predicted molar refractivity (Wildman–Crippen MR) is 136 cm³/mol. The number of rotatable bonds is 5. The van der Waals surface area contributed by atoms with Crippen molar-refractivity contribution in [2.24, 2.45) is 5.41 Å². The van der Waals surface area contributed by atoms with Crippen LogP contribution in [0.4, 0.5) is 11.4 Å². The second kappa shape index (κ2) is 8.72. The lowest BCUT2D eigenvalue weighted by Crippen LogP contribution is -2.56. The number of nitrogens with one attached hydrogen (secondary N) is 3. The van der Waals surface area contributed by atoms with Crippen molar-refractivity contribution in [1.82, 2.24) is 19.8 Å². The molecular formula is C26H30N6O3. The Hall–Kier alpha value is -3.88. The minimum atomic E-state index is -0.525. The first kappa shape index (κ1) is 22.9. The maximum atomic E-state index is 13.5. The molecule has 3 aromatic rings. The SMILES string of the molecule is Cc1ccc(CNC(=O)c2cc3c4c(cnc3n(CC(=O)N3CC(C)(C)C3)c2=O)NCCN4)cc1. The monoisotopic (exact) mass is 474 g/mol. The molecule has 182 valence electrons. The molecule has 3 N–H and O–H groups in total. The normalized spacial score (nSPS) is 16.0. The summed E-state index contributed by atoms with van der Waals surface area (Å²) >= 11 is 0. The number of aromatic nitrogens is 2. The third kappa shape index (κ3) is 4.45. The Morgan fingerprint density at radius 1 is 1.11 bits per heavy atom. The van der Waals surface area contributed by atoms with Gasteiger partial charge in [-0.3, -0.25) is 19.0 Å². The molecule has 9 heteroatoms. The summed E-state index contributed by atoms with van der Waals surface area (Å²) in [4.78, 5) is 45.9. The molecular weight excluding hydrogens is 444 g/mol. The Labute approximate surface area is 203 Å². The van der Waals surface area contributed by atoms with Gasteiger partial charge in [0.05, 0.1) is 17.6 Å². The maximum absolute atomic E-state index is 13.5. The third-order valence-corrected chi connectivity index (χ3v) is 6.56. The van der Waals surface area contributed by atoms with Crippen molar-refractivity contribution >= 4 is 34.2 Å². The molecule has 1 saturated heterocycles. The summed E-state index contributed by atoms with van der Waals surface area (Å²) in [6.07, 6.45) is 1.66. The number of hydrogen-bond donors (Lipinski definition) is 3. The number of benzene rings is 1. The minimum Gasteiger partial charge on any atom is -0.381 e. The fraction of sp³-hybridized carbons (Fsp3) is 0.385. The van der Waals surface area contributed by atoms with Crippen LogP contribution in [-0.2, 0) is 17.9 Å². The van der Waals surface area contributed by atoms with Crippen molar-refractivity contribution in [2.75, 3.05) is 36.8 Å². The van der Waals surface area contributed by atoms with Crippen LogP contribution in [0.3, 0.4) is 0 Å². The van der Waals surface area contributed by atoms with Crippen LogP contribution in [0, 0.1) is 12.3 Å². The largest absolute Gasteiger partial charge is 0.381 e. The summed E-state index contributed by atoms with van der Waals surface area (Å²) in [5.41, 5.74) is 3.57. The molecule has 9 nitrogen and oxygen atoms in total. The molecule has 2 aliphatic rings. The van der Waals surface area contributed by atoms with E-state index in [1.807, 2.05) is 31.2 Å². The van der Waals surface area contributed by atoms with Gasteiger partial charge in [-0.05, 0) is 24.0 Å². The molecule has 0 aliphatic carbocycles. The van der Waals surface area contributed by atoms with Gasteiger partial charge in [0.2, 0.25) is 5.91 Å². The Kier molecular flexibility index (Phi) is 5.70. The highest BCUT2D eigenvalue weighted by atomic mass is 16.2. The van der Waals surface area contributed by atoms with Crippen LogP contribution in [0.1, 0.15) is 35.3 Å². The Morgan fingerprint density at radius 2 is 1.83 bits per heavy atom. The van der Waals surface area contributed by atoms with Crippen LogP contribution in [0.2, 0.25) is 0 Å². The number of aryl methyl sites for hydroxylation is 1. The summed E-state index contributed by atoms with van der Waals surface area (Å²) in [5.74, 6) is -0.638. The molecule has 0 unspecified atom stereocenters. The first-order chi connectivity index (χ1) is 16.7. The van der Waals surface area contributed by atoms with E-state index in [1.165, 1.54) is 4.57 Å². The van der Waals surface area contributed by atoms with E-state index >= 15 is 0 Å². The van der Waals surface area contributed by atoms with Crippen LogP contribution in [0.15, 0.2) is 41.3 Å². The molecule has 0 bridgehead atoms. The van der Waals surface area contributed by atoms with Gasteiger partial charge in [-0.2, -0.15) is 0 Å². The zero-order valence-corrected chi connectivity index (χ0v) is 20.3. The average Bonchev–Trinajstić information content (AvgIpc) is 2.83. The smallest absolute Gasteiger partial charge is 0.265 e. The molecule has 2 aromatic heterocycles. The van der Waals surface area contributed by atoms with Gasteiger partial charge in [0.1, 0.15) is 17.8 Å². The van der Waals surface area contributed by atoms with Gasteiger partial charge < -0.3 is 20.9 Å².